The van der Waals surface area contributed by atoms with E-state index in [0.29, 0.717) is 36.3 Å². The van der Waals surface area contributed by atoms with Crippen molar-refractivity contribution in [1.29, 1.82) is 0 Å². The highest BCUT2D eigenvalue weighted by molar-refractivity contribution is 7.89. The van der Waals surface area contributed by atoms with Gasteiger partial charge in [0.05, 0.1) is 17.9 Å². The maximum Gasteiger partial charge on any atom is 0.214 e. The van der Waals surface area contributed by atoms with E-state index in [9.17, 15) is 8.42 Å². The minimum atomic E-state index is -3.08. The lowest BCUT2D eigenvalue weighted by Gasteiger charge is -2.33. The van der Waals surface area contributed by atoms with Gasteiger partial charge in [0.15, 0.2) is 0 Å². The molecule has 0 spiro atoms. The summed E-state index contributed by atoms with van der Waals surface area (Å²) in [6.07, 6.45) is 2.32. The van der Waals surface area contributed by atoms with E-state index in [-0.39, 0.29) is 11.8 Å². The average Bonchev–Trinajstić information content (AvgIpc) is 2.55. The molecule has 1 saturated heterocycles. The largest absolute Gasteiger partial charge is 0.495 e. The molecule has 1 heterocycles. The van der Waals surface area contributed by atoms with Crippen molar-refractivity contribution >= 4 is 21.6 Å². The summed E-state index contributed by atoms with van der Waals surface area (Å²) in [5.74, 6) is 0.956. The van der Waals surface area contributed by atoms with Crippen LogP contribution >= 0.6 is 11.6 Å². The molecule has 0 amide bonds. The summed E-state index contributed by atoms with van der Waals surface area (Å²) in [4.78, 5) is 0. The summed E-state index contributed by atoms with van der Waals surface area (Å²) in [5, 5.41) is 4.23. The number of sulfonamides is 1. The van der Waals surface area contributed by atoms with Crippen LogP contribution in [0.25, 0.3) is 0 Å². The molecular weight excluding hydrogens is 360 g/mol. The second-order valence-corrected chi connectivity index (χ2v) is 9.23. The van der Waals surface area contributed by atoms with Gasteiger partial charge >= 0.3 is 0 Å². The molecule has 0 aliphatic carbocycles. The van der Waals surface area contributed by atoms with Gasteiger partial charge in [-0.05, 0) is 50.3 Å². The topological polar surface area (TPSA) is 58.6 Å². The fourth-order valence-electron chi connectivity index (χ4n) is 3.40. The third-order valence-corrected chi connectivity index (χ3v) is 7.11. The van der Waals surface area contributed by atoms with Crippen LogP contribution in [0.5, 0.6) is 5.75 Å². The van der Waals surface area contributed by atoms with E-state index in [1.807, 2.05) is 19.9 Å². The summed E-state index contributed by atoms with van der Waals surface area (Å²) in [7, 11) is -1.46. The monoisotopic (exact) mass is 388 g/mol. The van der Waals surface area contributed by atoms with Crippen molar-refractivity contribution in [1.82, 2.24) is 9.62 Å². The van der Waals surface area contributed by atoms with Gasteiger partial charge in [-0.3, -0.25) is 0 Å². The van der Waals surface area contributed by atoms with Crippen LogP contribution in [0.4, 0.5) is 0 Å². The van der Waals surface area contributed by atoms with Crippen molar-refractivity contribution in [2.75, 3.05) is 26.0 Å². The van der Waals surface area contributed by atoms with Gasteiger partial charge in [-0.25, -0.2) is 12.7 Å². The lowest BCUT2D eigenvalue weighted by Crippen LogP contribution is -2.46. The van der Waals surface area contributed by atoms with Crippen LogP contribution in [0.3, 0.4) is 0 Å². The van der Waals surface area contributed by atoms with E-state index >= 15 is 0 Å². The Bertz CT molecular complexity index is 663. The number of hydrogen-bond acceptors (Lipinski definition) is 4. The van der Waals surface area contributed by atoms with Gasteiger partial charge in [0.2, 0.25) is 10.0 Å². The summed E-state index contributed by atoms with van der Waals surface area (Å²) in [6.45, 7) is 7.18. The number of hydrogen-bond donors (Lipinski definition) is 1. The molecule has 1 aromatic carbocycles. The number of nitrogens with one attached hydrogen (secondary N) is 1. The average molecular weight is 389 g/mol. The second kappa shape index (κ2) is 8.71. The van der Waals surface area contributed by atoms with Crippen molar-refractivity contribution in [2.24, 2.45) is 0 Å². The fraction of sp³-hybridized carbons (Fsp3) is 0.667. The number of ether oxygens (including phenoxy) is 1. The Morgan fingerprint density at radius 1 is 1.36 bits per heavy atom. The Morgan fingerprint density at radius 2 is 2.00 bits per heavy atom. The van der Waals surface area contributed by atoms with Gasteiger partial charge in [0, 0.05) is 25.2 Å². The molecule has 1 unspecified atom stereocenters. The van der Waals surface area contributed by atoms with Crippen molar-refractivity contribution in [2.45, 2.75) is 52.1 Å². The van der Waals surface area contributed by atoms with E-state index < -0.39 is 10.0 Å². The molecule has 1 aliphatic heterocycles. The molecule has 1 N–H and O–H groups in total. The van der Waals surface area contributed by atoms with E-state index in [1.165, 1.54) is 0 Å². The molecule has 1 fully saturated rings. The van der Waals surface area contributed by atoms with Crippen LogP contribution < -0.4 is 10.1 Å². The van der Waals surface area contributed by atoms with E-state index in [4.69, 9.17) is 16.3 Å². The first-order chi connectivity index (χ1) is 11.8. The normalized spacial score (nSPS) is 18.3. The Morgan fingerprint density at radius 3 is 2.52 bits per heavy atom. The summed E-state index contributed by atoms with van der Waals surface area (Å²) < 4.78 is 31.2. The van der Waals surface area contributed by atoms with Crippen LogP contribution in [0.1, 0.15) is 50.3 Å². The lowest BCUT2D eigenvalue weighted by atomic mass is 10.0. The van der Waals surface area contributed by atoms with Crippen LogP contribution in [-0.2, 0) is 10.0 Å². The van der Waals surface area contributed by atoms with Gasteiger partial charge in [0.25, 0.3) is 0 Å². The zero-order valence-electron chi connectivity index (χ0n) is 15.5. The first kappa shape index (κ1) is 20.5. The number of piperidine rings is 1. The number of aryl methyl sites for hydroxylation is 1. The summed E-state index contributed by atoms with van der Waals surface area (Å²) >= 11 is 6.29. The zero-order chi connectivity index (χ0) is 18.6. The van der Waals surface area contributed by atoms with Gasteiger partial charge < -0.3 is 10.1 Å². The molecule has 1 aliphatic rings. The van der Waals surface area contributed by atoms with Crippen LogP contribution in [0.15, 0.2) is 12.1 Å². The van der Waals surface area contributed by atoms with Crippen molar-refractivity contribution < 1.29 is 13.2 Å². The zero-order valence-corrected chi connectivity index (χ0v) is 17.1. The third-order valence-electron chi connectivity index (χ3n) is 4.75. The molecule has 0 bridgehead atoms. The maximum absolute atomic E-state index is 12.2. The van der Waals surface area contributed by atoms with Crippen molar-refractivity contribution in [3.05, 3.63) is 28.3 Å². The fourth-order valence-corrected chi connectivity index (χ4v) is 5.30. The second-order valence-electron chi connectivity index (χ2n) is 6.73. The highest BCUT2D eigenvalue weighted by Crippen LogP contribution is 2.32. The Balaban J connectivity index is 1.96. The van der Waals surface area contributed by atoms with Crippen molar-refractivity contribution in [3.63, 3.8) is 0 Å². The molecule has 0 saturated carbocycles. The summed E-state index contributed by atoms with van der Waals surface area (Å²) in [5.41, 5.74) is 2.13. The smallest absolute Gasteiger partial charge is 0.214 e. The molecule has 5 nitrogen and oxygen atoms in total. The maximum atomic E-state index is 12.2. The summed E-state index contributed by atoms with van der Waals surface area (Å²) in [6, 6.07) is 4.48. The molecule has 0 aromatic heterocycles. The minimum absolute atomic E-state index is 0.144. The van der Waals surface area contributed by atoms with Crippen LogP contribution in [0, 0.1) is 6.92 Å². The number of benzene rings is 1. The lowest BCUT2D eigenvalue weighted by molar-refractivity contribution is 0.277. The van der Waals surface area contributed by atoms with Gasteiger partial charge in [-0.2, -0.15) is 0 Å². The first-order valence-electron chi connectivity index (χ1n) is 8.86. The highest BCUT2D eigenvalue weighted by Gasteiger charge is 2.28. The Labute approximate surface area is 156 Å². The number of rotatable bonds is 7. The SMILES string of the molecule is CCCS(=O)(=O)N1CCC(NC(C)c2cc(C)c(OC)c(Cl)c2)CC1. The quantitative estimate of drug-likeness (QED) is 0.776. The van der Waals surface area contributed by atoms with Crippen molar-refractivity contribution in [3.8, 4) is 5.75 Å². The Hall–Kier alpha value is -0.820. The molecule has 1 aromatic rings. The molecule has 2 rings (SSSR count). The highest BCUT2D eigenvalue weighted by atomic mass is 35.5. The predicted molar refractivity (Wildman–Crippen MR) is 103 cm³/mol. The Kier molecular flexibility index (Phi) is 7.14. The standard InChI is InChI=1S/C18H29ClN2O3S/c1-5-10-25(22,23)21-8-6-16(7-9-21)20-14(3)15-11-13(2)18(24-4)17(19)12-15/h11-12,14,16,20H,5-10H2,1-4H3. The molecule has 7 heteroatoms. The predicted octanol–water partition coefficient (Wildman–Crippen LogP) is 3.51. The van der Waals surface area contributed by atoms with E-state index in [2.05, 4.69) is 18.3 Å². The van der Waals surface area contributed by atoms with Crippen LogP contribution in [0.2, 0.25) is 5.02 Å². The molecule has 25 heavy (non-hydrogen) atoms. The van der Waals surface area contributed by atoms with Crippen LogP contribution in [-0.4, -0.2) is 44.7 Å². The van der Waals surface area contributed by atoms with E-state index in [0.717, 1.165) is 24.0 Å². The number of methoxy groups -OCH3 is 1. The molecule has 1 atom stereocenters. The molecule has 0 radical (unpaired) electrons. The first-order valence-corrected chi connectivity index (χ1v) is 10.8. The van der Waals surface area contributed by atoms with Gasteiger partial charge in [-0.1, -0.05) is 24.6 Å². The number of halogens is 1. The third kappa shape index (κ3) is 5.09. The number of nitrogens with zero attached hydrogens (tertiary/aromatic N) is 1. The molecular formula is C18H29ClN2O3S. The molecule has 142 valence electrons. The van der Waals surface area contributed by atoms with Gasteiger partial charge in [-0.15, -0.1) is 0 Å². The van der Waals surface area contributed by atoms with E-state index in [1.54, 1.807) is 11.4 Å². The minimum Gasteiger partial charge on any atom is -0.495 e. The van der Waals surface area contributed by atoms with Gasteiger partial charge in [0.1, 0.15) is 5.75 Å².